The Morgan fingerprint density at radius 1 is 1.00 bits per heavy atom. The highest BCUT2D eigenvalue weighted by molar-refractivity contribution is 6.42. The second-order valence-corrected chi connectivity index (χ2v) is 6.45. The highest BCUT2D eigenvalue weighted by atomic mass is 35.5. The number of rotatable bonds is 6. The van der Waals surface area contributed by atoms with Crippen molar-refractivity contribution >= 4 is 40.7 Å². The van der Waals surface area contributed by atoms with Crippen molar-refractivity contribution in [2.75, 3.05) is 17.7 Å². The highest BCUT2D eigenvalue weighted by Gasteiger charge is 2.06. The number of benzene rings is 2. The predicted molar refractivity (Wildman–Crippen MR) is 107 cm³/mol. The van der Waals surface area contributed by atoms with Gasteiger partial charge in [0.05, 0.1) is 17.2 Å². The normalized spacial score (nSPS) is 10.5. The Bertz CT molecular complexity index is 918. The summed E-state index contributed by atoms with van der Waals surface area (Å²) >= 11 is 12.0. The van der Waals surface area contributed by atoms with E-state index >= 15 is 0 Å². The summed E-state index contributed by atoms with van der Waals surface area (Å²) in [6, 6.07) is 15.0. The van der Waals surface area contributed by atoms with Crippen LogP contribution in [0.4, 0.5) is 17.5 Å². The van der Waals surface area contributed by atoms with Gasteiger partial charge in [-0.25, -0.2) is 4.98 Å². The minimum Gasteiger partial charge on any atom is -0.496 e. The van der Waals surface area contributed by atoms with Gasteiger partial charge in [0.25, 0.3) is 0 Å². The van der Waals surface area contributed by atoms with Crippen LogP contribution >= 0.6 is 23.2 Å². The molecule has 2 aromatic carbocycles. The molecule has 0 bridgehead atoms. The Hall–Kier alpha value is -2.50. The van der Waals surface area contributed by atoms with E-state index in [1.54, 1.807) is 19.2 Å². The lowest BCUT2D eigenvalue weighted by Crippen LogP contribution is -2.07. The summed E-state index contributed by atoms with van der Waals surface area (Å²) in [7, 11) is 1.65. The lowest BCUT2D eigenvalue weighted by Gasteiger charge is -2.12. The summed E-state index contributed by atoms with van der Waals surface area (Å²) in [5.74, 6) is 2.01. The molecule has 134 valence electrons. The fourth-order valence-electron chi connectivity index (χ4n) is 2.46. The summed E-state index contributed by atoms with van der Waals surface area (Å²) in [6.45, 7) is 2.47. The molecule has 7 heteroatoms. The van der Waals surface area contributed by atoms with Crippen molar-refractivity contribution in [3.05, 3.63) is 69.8 Å². The molecule has 2 N–H and O–H groups in total. The summed E-state index contributed by atoms with van der Waals surface area (Å²) in [5, 5.41) is 7.44. The molecule has 0 radical (unpaired) electrons. The minimum atomic E-state index is 0.483. The van der Waals surface area contributed by atoms with Crippen LogP contribution in [0.2, 0.25) is 10.0 Å². The number of methoxy groups -OCH3 is 1. The molecule has 3 rings (SSSR count). The summed E-state index contributed by atoms with van der Waals surface area (Å²) in [5.41, 5.74) is 2.66. The molecule has 5 nitrogen and oxygen atoms in total. The van der Waals surface area contributed by atoms with E-state index in [0.717, 1.165) is 22.7 Å². The van der Waals surface area contributed by atoms with Crippen molar-refractivity contribution in [3.63, 3.8) is 0 Å². The molecular formula is C19H18Cl2N4O. The third-order valence-electron chi connectivity index (χ3n) is 3.68. The second kappa shape index (κ2) is 8.25. The van der Waals surface area contributed by atoms with Gasteiger partial charge >= 0.3 is 0 Å². The van der Waals surface area contributed by atoms with Crippen LogP contribution in [0.5, 0.6) is 5.75 Å². The Morgan fingerprint density at radius 2 is 1.81 bits per heavy atom. The fourth-order valence-corrected chi connectivity index (χ4v) is 2.75. The van der Waals surface area contributed by atoms with Crippen molar-refractivity contribution in [1.29, 1.82) is 0 Å². The van der Waals surface area contributed by atoms with E-state index in [2.05, 4.69) is 20.6 Å². The van der Waals surface area contributed by atoms with E-state index in [9.17, 15) is 0 Å². The number of nitrogens with one attached hydrogen (secondary N) is 2. The first-order valence-electron chi connectivity index (χ1n) is 7.98. The average molecular weight is 389 g/mol. The predicted octanol–water partition coefficient (Wildman–Crippen LogP) is 5.46. The number of aryl methyl sites for hydroxylation is 1. The quantitative estimate of drug-likeness (QED) is 0.587. The lowest BCUT2D eigenvalue weighted by atomic mass is 10.2. The molecule has 0 unspecified atom stereocenters. The molecule has 0 saturated heterocycles. The Morgan fingerprint density at radius 3 is 2.58 bits per heavy atom. The molecule has 3 aromatic rings. The van der Waals surface area contributed by atoms with Gasteiger partial charge in [-0.05, 0) is 31.2 Å². The van der Waals surface area contributed by atoms with Gasteiger partial charge in [-0.2, -0.15) is 4.98 Å². The summed E-state index contributed by atoms with van der Waals surface area (Å²) < 4.78 is 5.36. The zero-order valence-corrected chi connectivity index (χ0v) is 15.9. The fraction of sp³-hybridized carbons (Fsp3) is 0.158. The first-order valence-corrected chi connectivity index (χ1v) is 8.74. The van der Waals surface area contributed by atoms with E-state index in [0.29, 0.717) is 28.4 Å². The molecule has 0 aliphatic carbocycles. The van der Waals surface area contributed by atoms with Gasteiger partial charge < -0.3 is 15.4 Å². The van der Waals surface area contributed by atoms with Crippen molar-refractivity contribution < 1.29 is 4.74 Å². The van der Waals surface area contributed by atoms with Gasteiger partial charge in [-0.1, -0.05) is 41.4 Å². The van der Waals surface area contributed by atoms with E-state index in [1.165, 1.54) is 0 Å². The maximum atomic E-state index is 6.06. The first-order chi connectivity index (χ1) is 12.5. The van der Waals surface area contributed by atoms with Crippen LogP contribution in [-0.4, -0.2) is 17.1 Å². The van der Waals surface area contributed by atoms with E-state index < -0.39 is 0 Å². The summed E-state index contributed by atoms with van der Waals surface area (Å²) in [6.07, 6.45) is 0. The largest absolute Gasteiger partial charge is 0.496 e. The number of aromatic nitrogens is 2. The zero-order valence-electron chi connectivity index (χ0n) is 14.4. The number of nitrogens with zero attached hydrogens (tertiary/aromatic N) is 2. The maximum Gasteiger partial charge on any atom is 0.225 e. The third kappa shape index (κ3) is 4.56. The second-order valence-electron chi connectivity index (χ2n) is 5.64. The van der Waals surface area contributed by atoms with Crippen molar-refractivity contribution in [1.82, 2.24) is 9.97 Å². The van der Waals surface area contributed by atoms with Crippen molar-refractivity contribution in [3.8, 4) is 5.75 Å². The molecular weight excluding hydrogens is 371 g/mol. The zero-order chi connectivity index (χ0) is 18.5. The molecule has 0 aliphatic rings. The van der Waals surface area contributed by atoms with E-state index in [-0.39, 0.29) is 0 Å². The van der Waals surface area contributed by atoms with Gasteiger partial charge in [0, 0.05) is 29.6 Å². The molecule has 0 spiro atoms. The molecule has 1 aromatic heterocycles. The van der Waals surface area contributed by atoms with Crippen LogP contribution in [-0.2, 0) is 6.54 Å². The van der Waals surface area contributed by atoms with Gasteiger partial charge in [0.15, 0.2) is 0 Å². The van der Waals surface area contributed by atoms with Crippen LogP contribution in [0, 0.1) is 6.92 Å². The topological polar surface area (TPSA) is 59.1 Å². The van der Waals surface area contributed by atoms with Gasteiger partial charge in [0.1, 0.15) is 11.6 Å². The number of halogens is 2. The van der Waals surface area contributed by atoms with Crippen LogP contribution in [0.15, 0.2) is 48.5 Å². The Balaban J connectivity index is 1.76. The number of ether oxygens (including phenoxy) is 1. The molecule has 0 atom stereocenters. The summed E-state index contributed by atoms with van der Waals surface area (Å²) in [4.78, 5) is 8.93. The Labute approximate surface area is 162 Å². The standard InChI is InChI=1S/C19H18Cl2N4O/c1-12-9-18(24-14-7-8-15(20)16(21)10-14)25-19(23-12)22-11-13-5-3-4-6-17(13)26-2/h3-10H,11H2,1-2H3,(H2,22,23,24,25). The van der Waals surface area contributed by atoms with E-state index in [4.69, 9.17) is 27.9 Å². The highest BCUT2D eigenvalue weighted by Crippen LogP contribution is 2.27. The lowest BCUT2D eigenvalue weighted by molar-refractivity contribution is 0.410. The average Bonchev–Trinajstić information content (AvgIpc) is 2.63. The molecule has 26 heavy (non-hydrogen) atoms. The number of anilines is 3. The van der Waals surface area contributed by atoms with Gasteiger partial charge in [-0.3, -0.25) is 0 Å². The van der Waals surface area contributed by atoms with E-state index in [1.807, 2.05) is 43.3 Å². The van der Waals surface area contributed by atoms with Crippen LogP contribution in [0.3, 0.4) is 0 Å². The van der Waals surface area contributed by atoms with Gasteiger partial charge in [0.2, 0.25) is 5.95 Å². The molecule has 0 amide bonds. The van der Waals surface area contributed by atoms with Crippen molar-refractivity contribution in [2.24, 2.45) is 0 Å². The van der Waals surface area contributed by atoms with Gasteiger partial charge in [-0.15, -0.1) is 0 Å². The molecule has 0 fully saturated rings. The van der Waals surface area contributed by atoms with Crippen molar-refractivity contribution in [2.45, 2.75) is 13.5 Å². The monoisotopic (exact) mass is 388 g/mol. The number of hydrogen-bond donors (Lipinski definition) is 2. The number of para-hydroxylation sites is 1. The molecule has 1 heterocycles. The minimum absolute atomic E-state index is 0.483. The third-order valence-corrected chi connectivity index (χ3v) is 4.41. The van der Waals surface area contributed by atoms with Crippen LogP contribution in [0.1, 0.15) is 11.3 Å². The maximum absolute atomic E-state index is 6.06. The Kier molecular flexibility index (Phi) is 5.81. The van der Waals surface area contributed by atoms with Crippen LogP contribution < -0.4 is 15.4 Å². The van der Waals surface area contributed by atoms with Crippen LogP contribution in [0.25, 0.3) is 0 Å². The SMILES string of the molecule is COc1ccccc1CNc1nc(C)cc(Nc2ccc(Cl)c(Cl)c2)n1. The molecule has 0 aliphatic heterocycles. The smallest absolute Gasteiger partial charge is 0.225 e. The molecule has 0 saturated carbocycles. The number of hydrogen-bond acceptors (Lipinski definition) is 5. The first kappa shape index (κ1) is 18.3.